The lowest BCUT2D eigenvalue weighted by Crippen LogP contribution is -2.14. The fourth-order valence-corrected chi connectivity index (χ4v) is 2.96. The van der Waals surface area contributed by atoms with E-state index in [-0.39, 0.29) is 17.9 Å². The summed E-state index contributed by atoms with van der Waals surface area (Å²) in [6, 6.07) is 14.7. The van der Waals surface area contributed by atoms with E-state index in [0.717, 1.165) is 34.2 Å². The van der Waals surface area contributed by atoms with Gasteiger partial charge < -0.3 is 15.0 Å². The summed E-state index contributed by atoms with van der Waals surface area (Å²) in [5.41, 5.74) is 3.17. The molecule has 5 nitrogen and oxygen atoms in total. The molecule has 134 valence electrons. The summed E-state index contributed by atoms with van der Waals surface area (Å²) >= 11 is 0. The number of carbonyl (C=O) groups excluding carboxylic acids is 1. The molecular weight excluding hydrogens is 328 g/mol. The maximum absolute atomic E-state index is 12.3. The van der Waals surface area contributed by atoms with Gasteiger partial charge in [0.2, 0.25) is 11.5 Å². The van der Waals surface area contributed by atoms with Gasteiger partial charge in [-0.3, -0.25) is 9.59 Å². The van der Waals surface area contributed by atoms with Crippen LogP contribution in [0.15, 0.2) is 53.3 Å². The Balaban J connectivity index is 1.73. The number of hydrogen-bond acceptors (Lipinski definition) is 3. The van der Waals surface area contributed by atoms with E-state index in [1.807, 2.05) is 50.2 Å². The molecule has 0 unspecified atom stereocenters. The van der Waals surface area contributed by atoms with Gasteiger partial charge in [0.25, 0.3) is 0 Å². The number of amides is 1. The molecule has 0 spiro atoms. The summed E-state index contributed by atoms with van der Waals surface area (Å²) in [7, 11) is 0. The number of fused-ring (bicyclic) bond motifs is 1. The standard InChI is InChI=1S/C21H22N2O3/c1-3-15-12-21(25)23-19-13-16(7-10-18(15)19)22-20(24)11-14-5-8-17(9-6-14)26-4-2/h5-10,12-13H,3-4,11H2,1-2H3,(H,22,24)(H,23,25). The molecule has 1 heterocycles. The Bertz CT molecular complexity index is 975. The second kappa shape index (κ2) is 7.87. The third kappa shape index (κ3) is 4.11. The second-order valence-electron chi connectivity index (χ2n) is 6.07. The molecular formula is C21H22N2O3. The minimum atomic E-state index is -0.132. The molecule has 0 radical (unpaired) electrons. The minimum Gasteiger partial charge on any atom is -0.494 e. The van der Waals surface area contributed by atoms with Crippen LogP contribution in [0.2, 0.25) is 0 Å². The SMILES string of the molecule is CCOc1ccc(CC(=O)Nc2ccc3c(CC)cc(=O)[nH]c3c2)cc1. The van der Waals surface area contributed by atoms with Crippen LogP contribution < -0.4 is 15.6 Å². The van der Waals surface area contributed by atoms with Crippen LogP contribution in [0.3, 0.4) is 0 Å². The molecule has 5 heteroatoms. The predicted molar refractivity (Wildman–Crippen MR) is 104 cm³/mol. The molecule has 26 heavy (non-hydrogen) atoms. The third-order valence-electron chi connectivity index (χ3n) is 4.19. The first-order valence-electron chi connectivity index (χ1n) is 8.76. The van der Waals surface area contributed by atoms with Crippen molar-refractivity contribution in [1.82, 2.24) is 4.98 Å². The van der Waals surface area contributed by atoms with Crippen molar-refractivity contribution in [3.63, 3.8) is 0 Å². The van der Waals surface area contributed by atoms with Crippen molar-refractivity contribution < 1.29 is 9.53 Å². The number of aromatic amines is 1. The lowest BCUT2D eigenvalue weighted by Gasteiger charge is -2.09. The van der Waals surface area contributed by atoms with E-state index in [1.54, 1.807) is 12.1 Å². The molecule has 2 N–H and O–H groups in total. The Kier molecular flexibility index (Phi) is 5.37. The number of anilines is 1. The van der Waals surface area contributed by atoms with Crippen LogP contribution in [0, 0.1) is 0 Å². The molecule has 0 aliphatic heterocycles. The normalized spacial score (nSPS) is 10.7. The summed E-state index contributed by atoms with van der Waals surface area (Å²) in [6.45, 7) is 4.56. The number of benzene rings is 2. The molecule has 0 bridgehead atoms. The topological polar surface area (TPSA) is 71.2 Å². The van der Waals surface area contributed by atoms with Crippen LogP contribution in [0.1, 0.15) is 25.0 Å². The van der Waals surface area contributed by atoms with Crippen LogP contribution in [-0.4, -0.2) is 17.5 Å². The van der Waals surface area contributed by atoms with Crippen molar-refractivity contribution in [2.24, 2.45) is 0 Å². The molecule has 0 saturated carbocycles. The number of aryl methyl sites for hydroxylation is 1. The summed E-state index contributed by atoms with van der Waals surface area (Å²) in [4.78, 5) is 26.9. The zero-order valence-corrected chi connectivity index (χ0v) is 15.0. The highest BCUT2D eigenvalue weighted by Gasteiger charge is 2.07. The Morgan fingerprint density at radius 3 is 2.54 bits per heavy atom. The highest BCUT2D eigenvalue weighted by molar-refractivity contribution is 5.95. The van der Waals surface area contributed by atoms with Crippen molar-refractivity contribution in [2.75, 3.05) is 11.9 Å². The van der Waals surface area contributed by atoms with Crippen molar-refractivity contribution in [3.8, 4) is 5.75 Å². The van der Waals surface area contributed by atoms with Gasteiger partial charge in [-0.2, -0.15) is 0 Å². The second-order valence-corrected chi connectivity index (χ2v) is 6.07. The Morgan fingerprint density at radius 1 is 1.08 bits per heavy atom. The molecule has 3 aromatic rings. The van der Waals surface area contributed by atoms with Gasteiger partial charge in [-0.15, -0.1) is 0 Å². The first-order chi connectivity index (χ1) is 12.6. The molecule has 0 aliphatic rings. The van der Waals surface area contributed by atoms with Crippen LogP contribution in [0.4, 0.5) is 5.69 Å². The quantitative estimate of drug-likeness (QED) is 0.712. The number of aromatic nitrogens is 1. The molecule has 0 saturated heterocycles. The summed E-state index contributed by atoms with van der Waals surface area (Å²) in [5.74, 6) is 0.685. The fourth-order valence-electron chi connectivity index (χ4n) is 2.96. The van der Waals surface area contributed by atoms with Gasteiger partial charge in [0.15, 0.2) is 0 Å². The maximum Gasteiger partial charge on any atom is 0.248 e. The maximum atomic E-state index is 12.3. The lowest BCUT2D eigenvalue weighted by molar-refractivity contribution is -0.115. The molecule has 2 aromatic carbocycles. The highest BCUT2D eigenvalue weighted by Crippen LogP contribution is 2.20. The smallest absolute Gasteiger partial charge is 0.248 e. The lowest BCUT2D eigenvalue weighted by atomic mass is 10.1. The van der Waals surface area contributed by atoms with E-state index in [4.69, 9.17) is 4.74 Å². The zero-order valence-electron chi connectivity index (χ0n) is 15.0. The molecule has 1 aromatic heterocycles. The van der Waals surface area contributed by atoms with Gasteiger partial charge in [-0.25, -0.2) is 0 Å². The predicted octanol–water partition coefficient (Wildman–Crippen LogP) is 3.67. The van der Waals surface area contributed by atoms with Crippen molar-refractivity contribution in [1.29, 1.82) is 0 Å². The molecule has 0 atom stereocenters. The van der Waals surface area contributed by atoms with Gasteiger partial charge in [-0.05, 0) is 48.7 Å². The van der Waals surface area contributed by atoms with Crippen molar-refractivity contribution >= 4 is 22.5 Å². The summed E-state index contributed by atoms with van der Waals surface area (Å²) in [6.07, 6.45) is 1.06. The Hall–Kier alpha value is -3.08. The molecule has 0 aliphatic carbocycles. The summed E-state index contributed by atoms with van der Waals surface area (Å²) in [5, 5.41) is 3.88. The molecule has 1 amide bonds. The van der Waals surface area contributed by atoms with Crippen LogP contribution in [0.25, 0.3) is 10.9 Å². The largest absolute Gasteiger partial charge is 0.494 e. The fraction of sp³-hybridized carbons (Fsp3) is 0.238. The number of carbonyl (C=O) groups is 1. The van der Waals surface area contributed by atoms with E-state index in [1.165, 1.54) is 0 Å². The number of ether oxygens (including phenoxy) is 1. The zero-order chi connectivity index (χ0) is 18.5. The molecule has 3 rings (SSSR count). The van der Waals surface area contributed by atoms with E-state index in [2.05, 4.69) is 10.3 Å². The molecule has 0 fully saturated rings. The van der Waals surface area contributed by atoms with Crippen LogP contribution in [0.5, 0.6) is 5.75 Å². The van der Waals surface area contributed by atoms with Crippen LogP contribution in [-0.2, 0) is 17.6 Å². The Morgan fingerprint density at radius 2 is 1.85 bits per heavy atom. The van der Waals surface area contributed by atoms with Crippen LogP contribution >= 0.6 is 0 Å². The number of hydrogen-bond donors (Lipinski definition) is 2. The first kappa shape index (κ1) is 17.7. The Labute approximate surface area is 152 Å². The van der Waals surface area contributed by atoms with Crippen molar-refractivity contribution in [3.05, 3.63) is 70.0 Å². The monoisotopic (exact) mass is 350 g/mol. The highest BCUT2D eigenvalue weighted by atomic mass is 16.5. The average molecular weight is 350 g/mol. The first-order valence-corrected chi connectivity index (χ1v) is 8.76. The van der Waals surface area contributed by atoms with E-state index < -0.39 is 0 Å². The number of pyridine rings is 1. The van der Waals surface area contributed by atoms with E-state index in [0.29, 0.717) is 12.3 Å². The van der Waals surface area contributed by atoms with Gasteiger partial charge in [0, 0.05) is 17.1 Å². The van der Waals surface area contributed by atoms with Gasteiger partial charge in [-0.1, -0.05) is 25.1 Å². The van der Waals surface area contributed by atoms with E-state index >= 15 is 0 Å². The minimum absolute atomic E-state index is 0.109. The average Bonchev–Trinajstić information content (AvgIpc) is 2.62. The van der Waals surface area contributed by atoms with Gasteiger partial charge in [0.05, 0.1) is 18.5 Å². The number of H-pyrrole nitrogens is 1. The summed E-state index contributed by atoms with van der Waals surface area (Å²) < 4.78 is 5.40. The number of rotatable bonds is 6. The number of nitrogens with one attached hydrogen (secondary N) is 2. The third-order valence-corrected chi connectivity index (χ3v) is 4.19. The van der Waals surface area contributed by atoms with Gasteiger partial charge in [0.1, 0.15) is 5.75 Å². The van der Waals surface area contributed by atoms with Gasteiger partial charge >= 0.3 is 0 Å². The van der Waals surface area contributed by atoms with E-state index in [9.17, 15) is 9.59 Å². The van der Waals surface area contributed by atoms with Crippen molar-refractivity contribution in [2.45, 2.75) is 26.7 Å².